The fourth-order valence-electron chi connectivity index (χ4n) is 0.614. The van der Waals surface area contributed by atoms with Gasteiger partial charge in [-0.05, 0) is 13.8 Å². The van der Waals surface area contributed by atoms with Crippen molar-refractivity contribution in [1.82, 2.24) is 0 Å². The molecule has 1 atom stereocenters. The fraction of sp³-hybridized carbons (Fsp3) is 0.600. The van der Waals surface area contributed by atoms with Crippen LogP contribution in [-0.2, 0) is 14.3 Å². The Morgan fingerprint density at radius 3 is 2.71 bits per heavy atom. The number of carbonyl (C=O) groups excluding carboxylic acids is 1. The predicted molar refractivity (Wildman–Crippen MR) is 51.4 cm³/mol. The highest BCUT2D eigenvalue weighted by Crippen LogP contribution is 1.94. The summed E-state index contributed by atoms with van der Waals surface area (Å²) in [5.41, 5.74) is 0.371. The predicted octanol–water partition coefficient (Wildman–Crippen LogP) is 1.28. The summed E-state index contributed by atoms with van der Waals surface area (Å²) in [4.78, 5) is 10.9. The highest BCUT2D eigenvalue weighted by Gasteiger charge is 2.03. The number of carbonyl (C=O) groups is 1. The van der Waals surface area contributed by atoms with Crippen molar-refractivity contribution in [1.29, 1.82) is 5.26 Å². The maximum atomic E-state index is 10.9. The third-order valence-corrected chi connectivity index (χ3v) is 1.40. The molecule has 0 aliphatic heterocycles. The van der Waals surface area contributed by atoms with Crippen molar-refractivity contribution in [3.8, 4) is 6.07 Å². The van der Waals surface area contributed by atoms with Crippen molar-refractivity contribution in [3.05, 3.63) is 12.2 Å². The van der Waals surface area contributed by atoms with Gasteiger partial charge in [0.25, 0.3) is 0 Å². The maximum absolute atomic E-state index is 10.9. The lowest BCUT2D eigenvalue weighted by molar-refractivity contribution is -0.140. The van der Waals surface area contributed by atoms with E-state index in [-0.39, 0.29) is 12.5 Å². The van der Waals surface area contributed by atoms with Gasteiger partial charge in [0.15, 0.2) is 0 Å². The Kier molecular flexibility index (Phi) is 6.42. The second-order valence-electron chi connectivity index (χ2n) is 3.02. The lowest BCUT2D eigenvalue weighted by Crippen LogP contribution is -2.13. The minimum absolute atomic E-state index is 0.133. The molecule has 0 saturated heterocycles. The van der Waals surface area contributed by atoms with Crippen molar-refractivity contribution in [2.24, 2.45) is 5.92 Å². The molecule has 0 aromatic rings. The molecule has 0 amide bonds. The number of nitriles is 1. The maximum Gasteiger partial charge on any atom is 0.333 e. The summed E-state index contributed by atoms with van der Waals surface area (Å²) in [5.74, 6) is -0.547. The van der Waals surface area contributed by atoms with Gasteiger partial charge in [0.2, 0.25) is 0 Å². The largest absolute Gasteiger partial charge is 0.460 e. The number of nitrogens with zero attached hydrogens (tertiary/aromatic N) is 1. The summed E-state index contributed by atoms with van der Waals surface area (Å²) in [7, 11) is 0. The van der Waals surface area contributed by atoms with E-state index in [1.165, 1.54) is 0 Å². The molecule has 1 unspecified atom stereocenters. The molecule has 4 nitrogen and oxygen atoms in total. The van der Waals surface area contributed by atoms with Crippen LogP contribution >= 0.6 is 0 Å². The van der Waals surface area contributed by atoms with Gasteiger partial charge < -0.3 is 9.47 Å². The van der Waals surface area contributed by atoms with Crippen LogP contribution in [-0.4, -0.2) is 25.8 Å². The van der Waals surface area contributed by atoms with E-state index in [9.17, 15) is 4.79 Å². The summed E-state index contributed by atoms with van der Waals surface area (Å²) in [5, 5.41) is 8.43. The molecule has 0 aromatic heterocycles. The molecule has 0 rings (SSSR count). The Bertz CT molecular complexity index is 242. The Morgan fingerprint density at radius 2 is 2.21 bits per heavy atom. The Morgan fingerprint density at radius 1 is 1.57 bits per heavy atom. The molecule has 0 heterocycles. The molecule has 0 aromatic carbocycles. The summed E-state index contributed by atoms with van der Waals surface area (Å²) in [6, 6.07) is 2.04. The molecule has 0 N–H and O–H groups in total. The number of rotatable bonds is 6. The first-order valence-corrected chi connectivity index (χ1v) is 4.38. The van der Waals surface area contributed by atoms with Crippen LogP contribution in [0.1, 0.15) is 13.8 Å². The van der Waals surface area contributed by atoms with Crippen LogP contribution in [0.2, 0.25) is 0 Å². The molecule has 78 valence electrons. The molecule has 0 aliphatic carbocycles. The molecular formula is C10H15NO3. The zero-order chi connectivity index (χ0) is 11.0. The molecule has 0 fully saturated rings. The minimum Gasteiger partial charge on any atom is -0.460 e. The first-order valence-electron chi connectivity index (χ1n) is 4.38. The van der Waals surface area contributed by atoms with Crippen LogP contribution < -0.4 is 0 Å². The van der Waals surface area contributed by atoms with Gasteiger partial charge >= 0.3 is 5.97 Å². The number of hydrogen-bond acceptors (Lipinski definition) is 4. The van der Waals surface area contributed by atoms with Crippen molar-refractivity contribution in [2.75, 3.05) is 19.8 Å². The summed E-state index contributed by atoms with van der Waals surface area (Å²) >= 11 is 0. The summed E-state index contributed by atoms with van der Waals surface area (Å²) < 4.78 is 9.86. The van der Waals surface area contributed by atoms with Crippen molar-refractivity contribution in [2.45, 2.75) is 13.8 Å². The van der Waals surface area contributed by atoms with Gasteiger partial charge in [-0.15, -0.1) is 0 Å². The Hall–Kier alpha value is -1.34. The van der Waals surface area contributed by atoms with E-state index >= 15 is 0 Å². The van der Waals surface area contributed by atoms with Crippen molar-refractivity contribution >= 4 is 5.97 Å². The topological polar surface area (TPSA) is 59.3 Å². The number of hydrogen-bond donors (Lipinski definition) is 0. The molecule has 0 aliphatic rings. The number of ether oxygens (including phenoxy) is 2. The average Bonchev–Trinajstić information content (AvgIpc) is 2.16. The van der Waals surface area contributed by atoms with E-state index in [2.05, 4.69) is 6.58 Å². The highest BCUT2D eigenvalue weighted by molar-refractivity contribution is 5.86. The van der Waals surface area contributed by atoms with Crippen molar-refractivity contribution in [3.63, 3.8) is 0 Å². The van der Waals surface area contributed by atoms with Crippen molar-refractivity contribution < 1.29 is 14.3 Å². The molecule has 0 spiro atoms. The van der Waals surface area contributed by atoms with E-state index in [1.807, 2.05) is 6.07 Å². The third-order valence-electron chi connectivity index (χ3n) is 1.40. The normalized spacial score (nSPS) is 11.5. The summed E-state index contributed by atoms with van der Waals surface area (Å²) in [6.07, 6.45) is 0. The zero-order valence-corrected chi connectivity index (χ0v) is 8.58. The molecule has 14 heavy (non-hydrogen) atoms. The standard InChI is InChI=1S/C10H15NO3/c1-8(2)10(12)14-5-4-13-7-9(3)6-11/h9H,1,4-5,7H2,2-3H3. The van der Waals surface area contributed by atoms with Gasteiger partial charge in [0.1, 0.15) is 6.61 Å². The van der Waals surface area contributed by atoms with Crippen LogP contribution in [0, 0.1) is 17.2 Å². The number of esters is 1. The monoisotopic (exact) mass is 197 g/mol. The molecule has 4 heteroatoms. The van der Waals surface area contributed by atoms with Crippen LogP contribution in [0.25, 0.3) is 0 Å². The van der Waals surface area contributed by atoms with E-state index in [0.717, 1.165) is 0 Å². The first-order chi connectivity index (χ1) is 6.57. The molecule has 0 bridgehead atoms. The lowest BCUT2D eigenvalue weighted by atomic mass is 10.2. The Balaban J connectivity index is 3.35. The van der Waals surface area contributed by atoms with Gasteiger partial charge in [0, 0.05) is 5.57 Å². The second-order valence-corrected chi connectivity index (χ2v) is 3.02. The van der Waals surface area contributed by atoms with Gasteiger partial charge in [-0.2, -0.15) is 5.26 Å². The van der Waals surface area contributed by atoms with Gasteiger partial charge in [-0.1, -0.05) is 6.58 Å². The highest BCUT2D eigenvalue weighted by atomic mass is 16.6. The van der Waals surface area contributed by atoms with Crippen LogP contribution in [0.3, 0.4) is 0 Å². The fourth-order valence-corrected chi connectivity index (χ4v) is 0.614. The van der Waals surface area contributed by atoms with Gasteiger partial charge in [-0.25, -0.2) is 4.79 Å². The smallest absolute Gasteiger partial charge is 0.333 e. The van der Waals surface area contributed by atoms with E-state index < -0.39 is 5.97 Å². The molecule has 0 radical (unpaired) electrons. The van der Waals surface area contributed by atoms with Crippen LogP contribution in [0.4, 0.5) is 0 Å². The summed E-state index contributed by atoms with van der Waals surface area (Å²) in [6.45, 7) is 7.66. The van der Waals surface area contributed by atoms with Gasteiger partial charge in [-0.3, -0.25) is 0 Å². The molecular weight excluding hydrogens is 182 g/mol. The first kappa shape index (κ1) is 12.7. The SMILES string of the molecule is C=C(C)C(=O)OCCOCC(C)C#N. The van der Waals surface area contributed by atoms with Crippen LogP contribution in [0.5, 0.6) is 0 Å². The van der Waals surface area contributed by atoms with Crippen LogP contribution in [0.15, 0.2) is 12.2 Å². The minimum atomic E-state index is -0.415. The average molecular weight is 197 g/mol. The van der Waals surface area contributed by atoms with E-state index in [4.69, 9.17) is 14.7 Å². The third kappa shape index (κ3) is 6.21. The zero-order valence-electron chi connectivity index (χ0n) is 8.58. The van der Waals surface area contributed by atoms with E-state index in [0.29, 0.717) is 18.8 Å². The second kappa shape index (κ2) is 7.10. The van der Waals surface area contributed by atoms with Gasteiger partial charge in [0.05, 0.1) is 25.2 Å². The van der Waals surface area contributed by atoms with E-state index in [1.54, 1.807) is 13.8 Å². The Labute approximate surface area is 84.1 Å². The molecule has 0 saturated carbocycles. The quantitative estimate of drug-likeness (QED) is 0.365. The lowest BCUT2D eigenvalue weighted by Gasteiger charge is -2.06.